The molecule has 2 heterocycles. The quantitative estimate of drug-likeness (QED) is 0.660. The number of benzene rings is 2. The molecular formula is C23H23N3O. The summed E-state index contributed by atoms with van der Waals surface area (Å²) in [7, 11) is 0. The molecule has 4 heteroatoms. The van der Waals surface area contributed by atoms with E-state index in [0.717, 1.165) is 35.6 Å². The highest BCUT2D eigenvalue weighted by Crippen LogP contribution is 2.31. The Kier molecular flexibility index (Phi) is 4.93. The third-order valence-electron chi connectivity index (χ3n) is 5.07. The van der Waals surface area contributed by atoms with Gasteiger partial charge in [-0.2, -0.15) is 5.26 Å². The molecule has 2 aromatic carbocycles. The molecule has 0 atom stereocenters. The van der Waals surface area contributed by atoms with Crippen molar-refractivity contribution in [1.82, 2.24) is 4.98 Å². The van der Waals surface area contributed by atoms with Crippen LogP contribution in [0.3, 0.4) is 0 Å². The van der Waals surface area contributed by atoms with Crippen LogP contribution in [0.2, 0.25) is 0 Å². The van der Waals surface area contributed by atoms with E-state index in [9.17, 15) is 0 Å². The molecule has 0 radical (unpaired) electrons. The molecule has 1 fully saturated rings. The zero-order valence-corrected chi connectivity index (χ0v) is 15.6. The van der Waals surface area contributed by atoms with Crippen LogP contribution in [0.5, 0.6) is 5.75 Å². The molecule has 1 aromatic heterocycles. The standard InChI is InChI=1S/C23H23N3O/c1-17-13-23(26-11-3-2-4-12-26)21-10-9-20(14-22(21)25-17)27-16-19-7-5-18(15-24)6-8-19/h5-10,13-14H,2-4,11-12,16H2,1H3. The van der Waals surface area contributed by atoms with Crippen molar-refractivity contribution in [2.75, 3.05) is 18.0 Å². The number of aryl methyl sites for hydroxylation is 1. The lowest BCUT2D eigenvalue weighted by Crippen LogP contribution is -2.29. The average Bonchev–Trinajstić information content (AvgIpc) is 2.72. The Morgan fingerprint density at radius 2 is 1.81 bits per heavy atom. The number of hydrogen-bond donors (Lipinski definition) is 0. The summed E-state index contributed by atoms with van der Waals surface area (Å²) in [4.78, 5) is 7.21. The van der Waals surface area contributed by atoms with Gasteiger partial charge in [0.2, 0.25) is 0 Å². The highest BCUT2D eigenvalue weighted by Gasteiger charge is 2.15. The maximum Gasteiger partial charge on any atom is 0.122 e. The monoisotopic (exact) mass is 357 g/mol. The minimum atomic E-state index is 0.474. The lowest BCUT2D eigenvalue weighted by Gasteiger charge is -2.30. The Morgan fingerprint density at radius 1 is 1.04 bits per heavy atom. The zero-order valence-electron chi connectivity index (χ0n) is 15.6. The highest BCUT2D eigenvalue weighted by atomic mass is 16.5. The summed E-state index contributed by atoms with van der Waals surface area (Å²) in [5, 5.41) is 10.1. The van der Waals surface area contributed by atoms with Gasteiger partial charge in [-0.15, -0.1) is 0 Å². The van der Waals surface area contributed by atoms with Gasteiger partial charge in [-0.05, 0) is 62.1 Å². The van der Waals surface area contributed by atoms with E-state index in [1.165, 1.54) is 30.3 Å². The number of ether oxygens (including phenoxy) is 1. The first kappa shape index (κ1) is 17.4. The van der Waals surface area contributed by atoms with Gasteiger partial charge >= 0.3 is 0 Å². The second kappa shape index (κ2) is 7.67. The number of piperidine rings is 1. The van der Waals surface area contributed by atoms with Crippen LogP contribution in [-0.4, -0.2) is 18.1 Å². The van der Waals surface area contributed by atoms with Crippen molar-refractivity contribution in [1.29, 1.82) is 5.26 Å². The fraction of sp³-hybridized carbons (Fsp3) is 0.304. The van der Waals surface area contributed by atoms with E-state index in [1.54, 1.807) is 0 Å². The van der Waals surface area contributed by atoms with Gasteiger partial charge in [0.15, 0.2) is 0 Å². The number of anilines is 1. The van der Waals surface area contributed by atoms with Crippen LogP contribution in [0, 0.1) is 18.3 Å². The molecule has 4 nitrogen and oxygen atoms in total. The van der Waals surface area contributed by atoms with E-state index < -0.39 is 0 Å². The van der Waals surface area contributed by atoms with E-state index in [0.29, 0.717) is 12.2 Å². The topological polar surface area (TPSA) is 49.1 Å². The number of fused-ring (bicyclic) bond motifs is 1. The molecule has 3 aromatic rings. The molecule has 0 spiro atoms. The minimum absolute atomic E-state index is 0.474. The lowest BCUT2D eigenvalue weighted by molar-refractivity contribution is 0.306. The molecule has 0 unspecified atom stereocenters. The lowest BCUT2D eigenvalue weighted by atomic mass is 10.1. The molecule has 0 aliphatic carbocycles. The first-order valence-corrected chi connectivity index (χ1v) is 9.51. The second-order valence-electron chi connectivity index (χ2n) is 7.11. The Bertz CT molecular complexity index is 983. The molecule has 1 aliphatic rings. The predicted octanol–water partition coefficient (Wildman–Crippen LogP) is 4.98. The van der Waals surface area contributed by atoms with Gasteiger partial charge < -0.3 is 9.64 Å². The molecule has 0 saturated carbocycles. The van der Waals surface area contributed by atoms with Crippen molar-refractivity contribution in [3.8, 4) is 11.8 Å². The third kappa shape index (κ3) is 3.88. The Balaban J connectivity index is 1.57. The van der Waals surface area contributed by atoms with Crippen LogP contribution >= 0.6 is 0 Å². The van der Waals surface area contributed by atoms with Crippen molar-refractivity contribution in [3.63, 3.8) is 0 Å². The van der Waals surface area contributed by atoms with Crippen LogP contribution in [0.25, 0.3) is 10.9 Å². The first-order chi connectivity index (χ1) is 13.2. The van der Waals surface area contributed by atoms with E-state index in [1.807, 2.05) is 36.4 Å². The normalized spacial score (nSPS) is 14.1. The number of hydrogen-bond acceptors (Lipinski definition) is 4. The molecule has 4 rings (SSSR count). The summed E-state index contributed by atoms with van der Waals surface area (Å²) in [5.74, 6) is 0.814. The number of nitrogens with zero attached hydrogens (tertiary/aromatic N) is 3. The summed E-state index contributed by atoms with van der Waals surface area (Å²) in [6.07, 6.45) is 3.84. The minimum Gasteiger partial charge on any atom is -0.489 e. The number of pyridine rings is 1. The maximum absolute atomic E-state index is 8.88. The van der Waals surface area contributed by atoms with Crippen molar-refractivity contribution in [3.05, 3.63) is 65.4 Å². The Hall–Kier alpha value is -3.06. The van der Waals surface area contributed by atoms with Crippen LogP contribution in [0.4, 0.5) is 5.69 Å². The van der Waals surface area contributed by atoms with Gasteiger partial charge in [0.1, 0.15) is 12.4 Å². The molecule has 1 aliphatic heterocycles. The molecule has 1 saturated heterocycles. The third-order valence-corrected chi connectivity index (χ3v) is 5.07. The summed E-state index contributed by atoms with van der Waals surface area (Å²) < 4.78 is 5.96. The van der Waals surface area contributed by atoms with Gasteiger partial charge in [0, 0.05) is 35.9 Å². The zero-order chi connectivity index (χ0) is 18.6. The largest absolute Gasteiger partial charge is 0.489 e. The van der Waals surface area contributed by atoms with Gasteiger partial charge in [-0.25, -0.2) is 0 Å². The van der Waals surface area contributed by atoms with E-state index in [2.05, 4.69) is 30.0 Å². The van der Waals surface area contributed by atoms with Crippen LogP contribution in [0.1, 0.15) is 36.1 Å². The van der Waals surface area contributed by atoms with Gasteiger partial charge in [-0.3, -0.25) is 4.98 Å². The molecule has 0 amide bonds. The number of rotatable bonds is 4. The molecule has 0 bridgehead atoms. The van der Waals surface area contributed by atoms with Crippen LogP contribution < -0.4 is 9.64 Å². The molecule has 136 valence electrons. The maximum atomic E-state index is 8.88. The fourth-order valence-corrected chi connectivity index (χ4v) is 3.65. The Morgan fingerprint density at radius 3 is 2.56 bits per heavy atom. The van der Waals surface area contributed by atoms with Gasteiger partial charge in [0.05, 0.1) is 17.1 Å². The van der Waals surface area contributed by atoms with Crippen molar-refractivity contribution in [2.24, 2.45) is 0 Å². The molecule has 27 heavy (non-hydrogen) atoms. The molecule has 0 N–H and O–H groups in total. The summed E-state index contributed by atoms with van der Waals surface area (Å²) >= 11 is 0. The summed E-state index contributed by atoms with van der Waals surface area (Å²) in [6.45, 7) is 4.77. The van der Waals surface area contributed by atoms with Crippen LogP contribution in [-0.2, 0) is 6.61 Å². The summed E-state index contributed by atoms with van der Waals surface area (Å²) in [5.41, 5.74) is 5.01. The van der Waals surface area contributed by atoms with E-state index in [-0.39, 0.29) is 0 Å². The van der Waals surface area contributed by atoms with Gasteiger partial charge in [-0.1, -0.05) is 12.1 Å². The van der Waals surface area contributed by atoms with Gasteiger partial charge in [0.25, 0.3) is 0 Å². The van der Waals surface area contributed by atoms with E-state index in [4.69, 9.17) is 15.0 Å². The number of aromatic nitrogens is 1. The Labute approximate surface area is 160 Å². The van der Waals surface area contributed by atoms with Crippen molar-refractivity contribution < 1.29 is 4.74 Å². The predicted molar refractivity (Wildman–Crippen MR) is 108 cm³/mol. The van der Waals surface area contributed by atoms with E-state index >= 15 is 0 Å². The second-order valence-corrected chi connectivity index (χ2v) is 7.11. The first-order valence-electron chi connectivity index (χ1n) is 9.51. The SMILES string of the molecule is Cc1cc(N2CCCCC2)c2ccc(OCc3ccc(C#N)cc3)cc2n1. The van der Waals surface area contributed by atoms with Crippen molar-refractivity contribution >= 4 is 16.6 Å². The summed E-state index contributed by atoms with van der Waals surface area (Å²) in [6, 6.07) is 18.0. The average molecular weight is 357 g/mol. The van der Waals surface area contributed by atoms with Crippen LogP contribution in [0.15, 0.2) is 48.5 Å². The smallest absolute Gasteiger partial charge is 0.122 e. The molecular weight excluding hydrogens is 334 g/mol. The number of nitriles is 1. The highest BCUT2D eigenvalue weighted by molar-refractivity contribution is 5.92. The van der Waals surface area contributed by atoms with Crippen molar-refractivity contribution in [2.45, 2.75) is 32.8 Å². The fourth-order valence-electron chi connectivity index (χ4n) is 3.65.